The third kappa shape index (κ3) is 3.21. The highest BCUT2D eigenvalue weighted by Crippen LogP contribution is 2.37. The minimum Gasteiger partial charge on any atom is -0.313 e. The van der Waals surface area contributed by atoms with Crippen molar-refractivity contribution in [3.05, 3.63) is 0 Å². The molecule has 2 aliphatic rings. The van der Waals surface area contributed by atoms with Crippen molar-refractivity contribution in [3.8, 4) is 0 Å². The Morgan fingerprint density at radius 2 is 2.08 bits per heavy atom. The standard InChI is InChI=1S/C18H31N3O3/c1-5-7-9-13(6-2)18(3)16(23)21(17(24)20(18)4)12-15(22)14-10-8-11-19-14/h13-14,19H,5-12H2,1-4H3. The minimum atomic E-state index is -0.843. The maximum absolute atomic E-state index is 13.1. The van der Waals surface area contributed by atoms with Crippen molar-refractivity contribution in [2.75, 3.05) is 20.1 Å². The first-order valence-corrected chi connectivity index (χ1v) is 9.23. The van der Waals surface area contributed by atoms with Gasteiger partial charge in [-0.25, -0.2) is 4.79 Å². The molecule has 2 saturated heterocycles. The van der Waals surface area contributed by atoms with Crippen molar-refractivity contribution in [1.29, 1.82) is 0 Å². The molecule has 1 N–H and O–H groups in total. The number of rotatable bonds is 8. The zero-order valence-corrected chi connectivity index (χ0v) is 15.4. The first-order valence-electron chi connectivity index (χ1n) is 9.23. The number of urea groups is 1. The maximum atomic E-state index is 13.1. The van der Waals surface area contributed by atoms with Crippen LogP contribution in [0.25, 0.3) is 0 Å². The molecule has 6 nitrogen and oxygen atoms in total. The van der Waals surface area contributed by atoms with Gasteiger partial charge in [0.1, 0.15) is 5.54 Å². The number of Topliss-reactive ketones (excluding diaryl/α,β-unsaturated/α-hetero) is 1. The molecular weight excluding hydrogens is 306 g/mol. The van der Waals surface area contributed by atoms with Crippen LogP contribution >= 0.6 is 0 Å². The zero-order chi connectivity index (χ0) is 17.9. The number of carbonyl (C=O) groups is 3. The molecular formula is C18H31N3O3. The predicted octanol–water partition coefficient (Wildman–Crippen LogP) is 2.18. The van der Waals surface area contributed by atoms with E-state index in [2.05, 4.69) is 19.2 Å². The van der Waals surface area contributed by atoms with Gasteiger partial charge in [0.2, 0.25) is 0 Å². The average molecular weight is 337 g/mol. The zero-order valence-electron chi connectivity index (χ0n) is 15.4. The first-order chi connectivity index (χ1) is 11.4. The summed E-state index contributed by atoms with van der Waals surface area (Å²) in [6.07, 6.45) is 5.61. The molecule has 0 spiro atoms. The molecule has 0 aromatic rings. The van der Waals surface area contributed by atoms with Crippen molar-refractivity contribution in [2.24, 2.45) is 5.92 Å². The van der Waals surface area contributed by atoms with Crippen LogP contribution in [-0.2, 0) is 9.59 Å². The SMILES string of the molecule is CCCCC(CC)C1(C)C(=O)N(CC(=O)C2CCCN2)C(=O)N1C. The second-order valence-corrected chi connectivity index (χ2v) is 7.24. The number of hydrogen-bond acceptors (Lipinski definition) is 4. The maximum Gasteiger partial charge on any atom is 0.327 e. The van der Waals surface area contributed by atoms with E-state index < -0.39 is 5.54 Å². The third-order valence-corrected chi connectivity index (χ3v) is 5.85. The fourth-order valence-electron chi connectivity index (χ4n) is 4.03. The van der Waals surface area contributed by atoms with Gasteiger partial charge in [-0.3, -0.25) is 14.5 Å². The Labute approximate surface area is 144 Å². The van der Waals surface area contributed by atoms with Crippen LogP contribution < -0.4 is 5.32 Å². The summed E-state index contributed by atoms with van der Waals surface area (Å²) in [5.74, 6) is -0.165. The normalized spacial score (nSPS) is 28.8. The van der Waals surface area contributed by atoms with Gasteiger partial charge in [0.05, 0.1) is 12.6 Å². The quantitative estimate of drug-likeness (QED) is 0.689. The van der Waals surface area contributed by atoms with Gasteiger partial charge in [-0.2, -0.15) is 0 Å². The number of nitrogens with one attached hydrogen (secondary N) is 1. The van der Waals surface area contributed by atoms with Gasteiger partial charge < -0.3 is 10.2 Å². The van der Waals surface area contributed by atoms with Gasteiger partial charge in [0.15, 0.2) is 5.78 Å². The molecule has 0 radical (unpaired) electrons. The van der Waals surface area contributed by atoms with E-state index in [4.69, 9.17) is 0 Å². The largest absolute Gasteiger partial charge is 0.327 e. The first kappa shape index (κ1) is 18.9. The van der Waals surface area contributed by atoms with Crippen LogP contribution in [0.15, 0.2) is 0 Å². The highest BCUT2D eigenvalue weighted by atomic mass is 16.2. The number of nitrogens with zero attached hydrogens (tertiary/aromatic N) is 2. The lowest BCUT2D eigenvalue weighted by molar-refractivity contribution is -0.137. The summed E-state index contributed by atoms with van der Waals surface area (Å²) in [6.45, 7) is 6.76. The fourth-order valence-corrected chi connectivity index (χ4v) is 4.03. The molecule has 0 aliphatic carbocycles. The molecule has 6 heteroatoms. The molecule has 2 heterocycles. The van der Waals surface area contributed by atoms with Gasteiger partial charge in [-0.1, -0.05) is 33.1 Å². The monoisotopic (exact) mass is 337 g/mol. The van der Waals surface area contributed by atoms with Crippen LogP contribution in [0.3, 0.4) is 0 Å². The molecule has 3 amide bonds. The number of likely N-dealkylation sites (N-methyl/N-ethyl adjacent to an activating group) is 1. The van der Waals surface area contributed by atoms with Crippen molar-refractivity contribution in [2.45, 2.75) is 70.9 Å². The van der Waals surface area contributed by atoms with E-state index in [1.54, 1.807) is 11.9 Å². The Bertz CT molecular complexity index is 502. The minimum absolute atomic E-state index is 0.0616. The van der Waals surface area contributed by atoms with Crippen molar-refractivity contribution in [1.82, 2.24) is 15.1 Å². The number of amides is 3. The summed E-state index contributed by atoms with van der Waals surface area (Å²) in [5, 5.41) is 3.14. The molecule has 2 rings (SSSR count). The number of hydrogen-bond donors (Lipinski definition) is 1. The lowest BCUT2D eigenvalue weighted by Gasteiger charge is -2.36. The highest BCUT2D eigenvalue weighted by molar-refractivity contribution is 6.09. The van der Waals surface area contributed by atoms with Crippen LogP contribution in [0.2, 0.25) is 0 Å². The summed E-state index contributed by atoms with van der Waals surface area (Å²) in [6, 6.07) is -0.561. The van der Waals surface area contributed by atoms with Crippen LogP contribution in [0.5, 0.6) is 0 Å². The Morgan fingerprint density at radius 1 is 1.38 bits per heavy atom. The van der Waals surface area contributed by atoms with E-state index in [-0.39, 0.29) is 36.2 Å². The van der Waals surface area contributed by atoms with E-state index in [9.17, 15) is 14.4 Å². The molecule has 2 aliphatic heterocycles. The Kier molecular flexibility index (Phi) is 6.01. The molecule has 3 unspecified atom stereocenters. The number of unbranched alkanes of at least 4 members (excludes halogenated alkanes) is 1. The third-order valence-electron chi connectivity index (χ3n) is 5.85. The van der Waals surface area contributed by atoms with Crippen molar-refractivity contribution < 1.29 is 14.4 Å². The number of imide groups is 1. The van der Waals surface area contributed by atoms with Gasteiger partial charge >= 0.3 is 6.03 Å². The lowest BCUT2D eigenvalue weighted by atomic mass is 9.79. The second kappa shape index (κ2) is 7.64. The average Bonchev–Trinajstić information content (AvgIpc) is 3.16. The lowest BCUT2D eigenvalue weighted by Crippen LogP contribution is -2.51. The van der Waals surface area contributed by atoms with Crippen molar-refractivity contribution >= 4 is 17.7 Å². The van der Waals surface area contributed by atoms with Crippen LogP contribution in [-0.4, -0.2) is 59.2 Å². The predicted molar refractivity (Wildman–Crippen MR) is 92.6 cm³/mol. The van der Waals surface area contributed by atoms with E-state index in [1.165, 1.54) is 0 Å². The number of ketones is 1. The van der Waals surface area contributed by atoms with Gasteiger partial charge in [0, 0.05) is 7.05 Å². The molecule has 3 atom stereocenters. The summed E-state index contributed by atoms with van der Waals surface area (Å²) >= 11 is 0. The molecule has 0 aromatic carbocycles. The molecule has 136 valence electrons. The smallest absolute Gasteiger partial charge is 0.313 e. The molecule has 0 saturated carbocycles. The number of carbonyl (C=O) groups excluding carboxylic acids is 3. The van der Waals surface area contributed by atoms with E-state index in [0.717, 1.165) is 50.0 Å². The summed E-state index contributed by atoms with van der Waals surface area (Å²) in [4.78, 5) is 40.8. The van der Waals surface area contributed by atoms with Crippen molar-refractivity contribution in [3.63, 3.8) is 0 Å². The Morgan fingerprint density at radius 3 is 2.62 bits per heavy atom. The summed E-state index contributed by atoms with van der Waals surface area (Å²) in [7, 11) is 1.69. The Balaban J connectivity index is 2.16. The van der Waals surface area contributed by atoms with Gasteiger partial charge in [-0.05, 0) is 38.6 Å². The fraction of sp³-hybridized carbons (Fsp3) is 0.833. The molecule has 0 bridgehead atoms. The van der Waals surface area contributed by atoms with Gasteiger partial charge in [-0.15, -0.1) is 0 Å². The van der Waals surface area contributed by atoms with Gasteiger partial charge in [0.25, 0.3) is 5.91 Å². The summed E-state index contributed by atoms with van der Waals surface area (Å²) < 4.78 is 0. The highest BCUT2D eigenvalue weighted by Gasteiger charge is 2.56. The van der Waals surface area contributed by atoms with E-state index >= 15 is 0 Å². The van der Waals surface area contributed by atoms with Crippen LogP contribution in [0.4, 0.5) is 4.79 Å². The van der Waals surface area contributed by atoms with Crippen LogP contribution in [0, 0.1) is 5.92 Å². The summed E-state index contributed by atoms with van der Waals surface area (Å²) in [5.41, 5.74) is -0.843. The Hall–Kier alpha value is -1.43. The topological polar surface area (TPSA) is 69.7 Å². The second-order valence-electron chi connectivity index (χ2n) is 7.24. The molecule has 24 heavy (non-hydrogen) atoms. The molecule has 2 fully saturated rings. The van der Waals surface area contributed by atoms with Crippen LogP contribution in [0.1, 0.15) is 59.3 Å². The van der Waals surface area contributed by atoms with E-state index in [1.807, 2.05) is 6.92 Å². The van der Waals surface area contributed by atoms with E-state index in [0.29, 0.717) is 0 Å². The molecule has 0 aromatic heterocycles.